The van der Waals surface area contributed by atoms with Gasteiger partial charge in [-0.3, -0.25) is 10.1 Å². The fourth-order valence-electron chi connectivity index (χ4n) is 0.751. The fourth-order valence-corrected chi connectivity index (χ4v) is 0.751. The van der Waals surface area contributed by atoms with E-state index in [9.17, 15) is 19.5 Å². The Labute approximate surface area is 110 Å². The summed E-state index contributed by atoms with van der Waals surface area (Å²) in [7, 11) is 0. The van der Waals surface area contributed by atoms with Crippen molar-refractivity contribution < 1.29 is 70.9 Å². The first-order chi connectivity index (χ1) is 5.09. The number of hydrogen-bond donors (Lipinski definition) is 2. The smallest absolute Gasteiger partial charge is 0.548 e. The molecular formula is C5H5KN2O4. The van der Waals surface area contributed by atoms with E-state index in [2.05, 4.69) is 0 Å². The van der Waals surface area contributed by atoms with E-state index >= 15 is 0 Å². The molecule has 1 aliphatic rings. The van der Waals surface area contributed by atoms with Crippen molar-refractivity contribution in [3.63, 3.8) is 0 Å². The molecule has 1 saturated heterocycles. The van der Waals surface area contributed by atoms with E-state index in [-0.39, 0.29) is 57.8 Å². The molecule has 2 N–H and O–H groups in total. The number of carbonyl (C=O) groups is 3. The maximum Gasteiger partial charge on any atom is 1.00 e. The molecule has 12 heavy (non-hydrogen) atoms. The van der Waals surface area contributed by atoms with E-state index < -0.39 is 23.9 Å². The molecule has 0 radical (unpaired) electrons. The van der Waals surface area contributed by atoms with Gasteiger partial charge >= 0.3 is 57.4 Å². The third-order valence-corrected chi connectivity index (χ3v) is 1.23. The molecule has 0 spiro atoms. The molecule has 3 amide bonds. The maximum absolute atomic E-state index is 10.5. The van der Waals surface area contributed by atoms with E-state index in [0.29, 0.717) is 0 Å². The first-order valence-corrected chi connectivity index (χ1v) is 2.91. The topological polar surface area (TPSA) is 98.3 Å². The summed E-state index contributed by atoms with van der Waals surface area (Å²) < 4.78 is 0. The molecule has 0 aromatic carbocycles. The second-order valence-corrected chi connectivity index (χ2v) is 2.10. The van der Waals surface area contributed by atoms with Crippen molar-refractivity contribution in [2.45, 2.75) is 12.5 Å². The number of carbonyl (C=O) groups excluding carboxylic acids is 3. The predicted octanol–water partition coefficient (Wildman–Crippen LogP) is -5.66. The van der Waals surface area contributed by atoms with Crippen LogP contribution in [0.1, 0.15) is 6.42 Å². The SMILES string of the molecule is O=C1CC(C(=O)[O-])NC(=O)N1.[K+]. The Bertz CT molecular complexity index is 213. The molecular weight excluding hydrogens is 191 g/mol. The van der Waals surface area contributed by atoms with Crippen molar-refractivity contribution >= 4 is 17.9 Å². The van der Waals surface area contributed by atoms with E-state index in [4.69, 9.17) is 0 Å². The Morgan fingerprint density at radius 1 is 1.50 bits per heavy atom. The summed E-state index contributed by atoms with van der Waals surface area (Å²) in [6, 6.07) is -1.99. The van der Waals surface area contributed by atoms with Crippen LogP contribution in [0.2, 0.25) is 0 Å². The van der Waals surface area contributed by atoms with Crippen LogP contribution in [0.15, 0.2) is 0 Å². The molecule has 1 atom stereocenters. The van der Waals surface area contributed by atoms with Gasteiger partial charge in [0.25, 0.3) is 0 Å². The van der Waals surface area contributed by atoms with Crippen molar-refractivity contribution in [2.24, 2.45) is 0 Å². The van der Waals surface area contributed by atoms with Crippen LogP contribution in [0.25, 0.3) is 0 Å². The molecule has 7 heteroatoms. The van der Waals surface area contributed by atoms with Gasteiger partial charge in [-0.05, 0) is 0 Å². The van der Waals surface area contributed by atoms with Crippen LogP contribution in [0.5, 0.6) is 0 Å². The summed E-state index contributed by atoms with van der Waals surface area (Å²) in [6.45, 7) is 0. The monoisotopic (exact) mass is 196 g/mol. The van der Waals surface area contributed by atoms with Crippen LogP contribution in [0.3, 0.4) is 0 Å². The summed E-state index contributed by atoms with van der Waals surface area (Å²) in [6.07, 6.45) is -0.270. The van der Waals surface area contributed by atoms with Crippen LogP contribution in [-0.4, -0.2) is 23.9 Å². The molecule has 0 aromatic rings. The van der Waals surface area contributed by atoms with E-state index in [1.165, 1.54) is 0 Å². The van der Waals surface area contributed by atoms with Crippen molar-refractivity contribution in [3.8, 4) is 0 Å². The molecule has 1 aliphatic heterocycles. The summed E-state index contributed by atoms with van der Waals surface area (Å²) in [5, 5.41) is 14.0. The Kier molecular flexibility index (Phi) is 4.94. The zero-order chi connectivity index (χ0) is 8.43. The average molecular weight is 196 g/mol. The van der Waals surface area contributed by atoms with Gasteiger partial charge < -0.3 is 15.2 Å². The largest absolute Gasteiger partial charge is 1.00 e. The summed E-state index contributed by atoms with van der Waals surface area (Å²) in [5.74, 6) is -2.06. The van der Waals surface area contributed by atoms with Gasteiger partial charge in [-0.25, -0.2) is 4.79 Å². The summed E-state index contributed by atoms with van der Waals surface area (Å²) in [4.78, 5) is 31.1. The summed E-state index contributed by atoms with van der Waals surface area (Å²) >= 11 is 0. The van der Waals surface area contributed by atoms with Gasteiger partial charge in [0.1, 0.15) is 0 Å². The molecule has 0 aromatic heterocycles. The Morgan fingerprint density at radius 2 is 2.08 bits per heavy atom. The number of imide groups is 1. The average Bonchev–Trinajstić information content (AvgIpc) is 1.85. The molecule has 0 aliphatic carbocycles. The second kappa shape index (κ2) is 4.92. The number of carboxylic acids is 1. The Morgan fingerprint density at radius 3 is 2.50 bits per heavy atom. The predicted molar refractivity (Wildman–Crippen MR) is 30.1 cm³/mol. The third-order valence-electron chi connectivity index (χ3n) is 1.23. The number of urea groups is 1. The number of rotatable bonds is 1. The first-order valence-electron chi connectivity index (χ1n) is 2.91. The van der Waals surface area contributed by atoms with Crippen LogP contribution < -0.4 is 67.1 Å². The van der Waals surface area contributed by atoms with Gasteiger partial charge in [-0.1, -0.05) is 0 Å². The van der Waals surface area contributed by atoms with Crippen LogP contribution in [-0.2, 0) is 9.59 Å². The quantitative estimate of drug-likeness (QED) is 0.408. The van der Waals surface area contributed by atoms with Gasteiger partial charge in [0.2, 0.25) is 5.91 Å². The molecule has 60 valence electrons. The van der Waals surface area contributed by atoms with Crippen LogP contribution in [0.4, 0.5) is 4.79 Å². The van der Waals surface area contributed by atoms with Crippen molar-refractivity contribution in [3.05, 3.63) is 0 Å². The van der Waals surface area contributed by atoms with Gasteiger partial charge in [-0.15, -0.1) is 0 Å². The zero-order valence-electron chi connectivity index (χ0n) is 6.42. The minimum atomic E-state index is -1.45. The number of hydrogen-bond acceptors (Lipinski definition) is 4. The normalized spacial score (nSPS) is 21.8. The van der Waals surface area contributed by atoms with Crippen LogP contribution in [0, 0.1) is 0 Å². The molecule has 0 saturated carbocycles. The number of amides is 3. The Hall–Kier alpha value is 0.0464. The first kappa shape index (κ1) is 12.0. The minimum absolute atomic E-state index is 0. The minimum Gasteiger partial charge on any atom is -0.548 e. The number of carboxylic acid groups (broad SMARTS) is 1. The molecule has 0 bridgehead atoms. The van der Waals surface area contributed by atoms with Crippen molar-refractivity contribution in [1.82, 2.24) is 10.6 Å². The number of nitrogens with one attached hydrogen (secondary N) is 2. The van der Waals surface area contributed by atoms with Gasteiger partial charge in [0.05, 0.1) is 18.4 Å². The Balaban J connectivity index is 0.00000121. The second-order valence-electron chi connectivity index (χ2n) is 2.10. The fraction of sp³-hybridized carbons (Fsp3) is 0.400. The zero-order valence-corrected chi connectivity index (χ0v) is 9.54. The number of aliphatic carboxylic acids is 1. The summed E-state index contributed by atoms with van der Waals surface area (Å²) in [5.41, 5.74) is 0. The van der Waals surface area contributed by atoms with Crippen LogP contribution >= 0.6 is 0 Å². The van der Waals surface area contributed by atoms with Gasteiger partial charge in [0.15, 0.2) is 0 Å². The van der Waals surface area contributed by atoms with Gasteiger partial charge in [0, 0.05) is 0 Å². The van der Waals surface area contributed by atoms with Gasteiger partial charge in [-0.2, -0.15) is 0 Å². The molecule has 1 heterocycles. The van der Waals surface area contributed by atoms with Crippen molar-refractivity contribution in [2.75, 3.05) is 0 Å². The maximum atomic E-state index is 10.5. The molecule has 1 unspecified atom stereocenters. The molecule has 1 rings (SSSR count). The van der Waals surface area contributed by atoms with E-state index in [1.807, 2.05) is 10.6 Å². The standard InChI is InChI=1S/C5H6N2O4.K/c8-3-1-2(4(9)10)6-5(11)7-3;/h2H,1H2,(H,9,10)(H2,6,7,8,11);/q;+1/p-1. The van der Waals surface area contributed by atoms with Crippen molar-refractivity contribution in [1.29, 1.82) is 0 Å². The third kappa shape index (κ3) is 3.19. The molecule has 1 fully saturated rings. The van der Waals surface area contributed by atoms with E-state index in [1.54, 1.807) is 0 Å². The molecule has 6 nitrogen and oxygen atoms in total. The van der Waals surface area contributed by atoms with E-state index in [0.717, 1.165) is 0 Å².